The van der Waals surface area contributed by atoms with E-state index in [2.05, 4.69) is 32.8 Å². The van der Waals surface area contributed by atoms with E-state index in [0.29, 0.717) is 0 Å². The van der Waals surface area contributed by atoms with E-state index in [-0.39, 0.29) is 0 Å². The van der Waals surface area contributed by atoms with Crippen LogP contribution in [0.3, 0.4) is 0 Å². The molecule has 0 fully saturated rings. The van der Waals surface area contributed by atoms with Crippen LogP contribution in [0.5, 0.6) is 0 Å². The van der Waals surface area contributed by atoms with Gasteiger partial charge < -0.3 is 9.88 Å². The van der Waals surface area contributed by atoms with Crippen LogP contribution in [0.1, 0.15) is 18.2 Å². The summed E-state index contributed by atoms with van der Waals surface area (Å²) < 4.78 is 2.12. The summed E-state index contributed by atoms with van der Waals surface area (Å²) in [5.41, 5.74) is 3.39. The van der Waals surface area contributed by atoms with E-state index in [1.807, 2.05) is 31.8 Å². The number of rotatable bonds is 4. The average molecular weight is 216 g/mol. The van der Waals surface area contributed by atoms with Gasteiger partial charge in [-0.25, -0.2) is 4.98 Å². The van der Waals surface area contributed by atoms with Gasteiger partial charge in [0.1, 0.15) is 0 Å². The van der Waals surface area contributed by atoms with E-state index in [1.165, 1.54) is 5.69 Å². The first-order valence-corrected chi connectivity index (χ1v) is 5.44. The highest BCUT2D eigenvalue weighted by molar-refractivity contribution is 5.42. The van der Waals surface area contributed by atoms with Crippen molar-refractivity contribution < 1.29 is 0 Å². The van der Waals surface area contributed by atoms with Gasteiger partial charge >= 0.3 is 0 Å². The third-order valence-corrected chi connectivity index (χ3v) is 2.49. The van der Waals surface area contributed by atoms with E-state index in [0.717, 1.165) is 24.3 Å². The lowest BCUT2D eigenvalue weighted by atomic mass is 10.3. The van der Waals surface area contributed by atoms with Crippen molar-refractivity contribution >= 4 is 5.69 Å². The number of anilines is 1. The number of aryl methyl sites for hydroxylation is 2. The topological polar surface area (TPSA) is 42.7 Å². The van der Waals surface area contributed by atoms with Crippen LogP contribution < -0.4 is 5.32 Å². The number of hydrogen-bond donors (Lipinski definition) is 1. The minimum atomic E-state index is 0.777. The third kappa shape index (κ3) is 2.39. The summed E-state index contributed by atoms with van der Waals surface area (Å²) in [5.74, 6) is 0. The van der Waals surface area contributed by atoms with Crippen LogP contribution in [0.2, 0.25) is 0 Å². The molecule has 0 aliphatic heterocycles. The van der Waals surface area contributed by atoms with Crippen molar-refractivity contribution in [2.24, 2.45) is 0 Å². The molecule has 84 valence electrons. The van der Waals surface area contributed by atoms with Gasteiger partial charge in [0.2, 0.25) is 0 Å². The Bertz CT molecular complexity index is 462. The van der Waals surface area contributed by atoms with Crippen molar-refractivity contribution in [1.82, 2.24) is 14.5 Å². The average Bonchev–Trinajstić information content (AvgIpc) is 2.74. The molecule has 4 nitrogen and oxygen atoms in total. The minimum Gasteiger partial charge on any atom is -0.378 e. The number of imidazole rings is 1. The summed E-state index contributed by atoms with van der Waals surface area (Å²) in [6.07, 6.45) is 7.42. The molecule has 0 aliphatic carbocycles. The SMILES string of the molecule is CCn1cncc1CNc1cncc(C)c1. The lowest BCUT2D eigenvalue weighted by Gasteiger charge is -2.08. The van der Waals surface area contributed by atoms with Crippen molar-refractivity contribution in [1.29, 1.82) is 0 Å². The van der Waals surface area contributed by atoms with Crippen molar-refractivity contribution in [3.8, 4) is 0 Å². The zero-order chi connectivity index (χ0) is 11.4. The first-order valence-electron chi connectivity index (χ1n) is 5.44. The van der Waals surface area contributed by atoms with Gasteiger partial charge in [-0.1, -0.05) is 0 Å². The standard InChI is InChI=1S/C12H16N4/c1-3-16-9-14-7-12(16)8-15-11-4-10(2)5-13-6-11/h4-7,9,15H,3,8H2,1-2H3. The highest BCUT2D eigenvalue weighted by Gasteiger charge is 2.00. The summed E-state index contributed by atoms with van der Waals surface area (Å²) in [5, 5.41) is 3.34. The third-order valence-electron chi connectivity index (χ3n) is 2.49. The second-order valence-corrected chi connectivity index (χ2v) is 3.78. The normalized spacial score (nSPS) is 10.4. The molecule has 0 bridgehead atoms. The Hall–Kier alpha value is -1.84. The van der Waals surface area contributed by atoms with Gasteiger partial charge in [-0.05, 0) is 25.5 Å². The fourth-order valence-corrected chi connectivity index (χ4v) is 1.62. The van der Waals surface area contributed by atoms with Gasteiger partial charge in [0.05, 0.1) is 24.3 Å². The Labute approximate surface area is 95.4 Å². The number of nitrogens with zero attached hydrogens (tertiary/aromatic N) is 3. The molecule has 2 aromatic rings. The second kappa shape index (κ2) is 4.79. The fourth-order valence-electron chi connectivity index (χ4n) is 1.62. The Morgan fingerprint density at radius 3 is 2.88 bits per heavy atom. The van der Waals surface area contributed by atoms with Crippen LogP contribution in [0.15, 0.2) is 31.0 Å². The van der Waals surface area contributed by atoms with E-state index < -0.39 is 0 Å². The van der Waals surface area contributed by atoms with Crippen LogP contribution >= 0.6 is 0 Å². The molecule has 16 heavy (non-hydrogen) atoms. The zero-order valence-electron chi connectivity index (χ0n) is 9.64. The summed E-state index contributed by atoms with van der Waals surface area (Å²) >= 11 is 0. The van der Waals surface area contributed by atoms with Crippen molar-refractivity contribution in [3.05, 3.63) is 42.2 Å². The predicted octanol–water partition coefficient (Wildman–Crippen LogP) is 2.22. The number of aromatic nitrogens is 3. The van der Waals surface area contributed by atoms with Crippen LogP contribution in [0.25, 0.3) is 0 Å². The van der Waals surface area contributed by atoms with E-state index in [9.17, 15) is 0 Å². The van der Waals surface area contributed by atoms with Gasteiger partial charge in [0.15, 0.2) is 0 Å². The van der Waals surface area contributed by atoms with E-state index >= 15 is 0 Å². The molecule has 2 rings (SSSR count). The molecule has 0 aliphatic rings. The highest BCUT2D eigenvalue weighted by Crippen LogP contribution is 2.09. The first kappa shape index (κ1) is 10.7. The largest absolute Gasteiger partial charge is 0.378 e. The molecule has 2 aromatic heterocycles. The molecular weight excluding hydrogens is 200 g/mol. The predicted molar refractivity (Wildman–Crippen MR) is 64.2 cm³/mol. The van der Waals surface area contributed by atoms with Crippen LogP contribution in [0, 0.1) is 6.92 Å². The van der Waals surface area contributed by atoms with E-state index in [1.54, 1.807) is 0 Å². The van der Waals surface area contributed by atoms with Gasteiger partial charge in [0.25, 0.3) is 0 Å². The van der Waals surface area contributed by atoms with Crippen LogP contribution in [0.4, 0.5) is 5.69 Å². The van der Waals surface area contributed by atoms with Gasteiger partial charge in [-0.15, -0.1) is 0 Å². The monoisotopic (exact) mass is 216 g/mol. The molecule has 0 unspecified atom stereocenters. The second-order valence-electron chi connectivity index (χ2n) is 3.78. The summed E-state index contributed by atoms with van der Waals surface area (Å²) in [7, 11) is 0. The number of pyridine rings is 1. The molecule has 0 spiro atoms. The Morgan fingerprint density at radius 1 is 1.25 bits per heavy atom. The van der Waals surface area contributed by atoms with Crippen molar-refractivity contribution in [2.75, 3.05) is 5.32 Å². The Balaban J connectivity index is 2.02. The Morgan fingerprint density at radius 2 is 2.12 bits per heavy atom. The molecule has 0 amide bonds. The van der Waals surface area contributed by atoms with Crippen molar-refractivity contribution in [3.63, 3.8) is 0 Å². The molecule has 0 saturated carbocycles. The maximum Gasteiger partial charge on any atom is 0.0948 e. The number of hydrogen-bond acceptors (Lipinski definition) is 3. The van der Waals surface area contributed by atoms with Crippen LogP contribution in [-0.2, 0) is 13.1 Å². The van der Waals surface area contributed by atoms with Gasteiger partial charge in [0, 0.05) is 25.1 Å². The smallest absolute Gasteiger partial charge is 0.0948 e. The lowest BCUT2D eigenvalue weighted by molar-refractivity contribution is 0.719. The molecule has 0 saturated heterocycles. The first-order chi connectivity index (χ1) is 7.79. The molecular formula is C12H16N4. The molecule has 0 radical (unpaired) electrons. The maximum atomic E-state index is 4.14. The summed E-state index contributed by atoms with van der Waals surface area (Å²) in [6.45, 7) is 5.87. The molecule has 2 heterocycles. The molecule has 0 atom stereocenters. The highest BCUT2D eigenvalue weighted by atomic mass is 15.1. The minimum absolute atomic E-state index is 0.777. The summed E-state index contributed by atoms with van der Waals surface area (Å²) in [4.78, 5) is 8.27. The molecule has 4 heteroatoms. The quantitative estimate of drug-likeness (QED) is 0.852. The summed E-state index contributed by atoms with van der Waals surface area (Å²) in [6, 6.07) is 2.08. The van der Waals surface area contributed by atoms with E-state index in [4.69, 9.17) is 0 Å². The maximum absolute atomic E-state index is 4.14. The lowest BCUT2D eigenvalue weighted by Crippen LogP contribution is -2.06. The van der Waals surface area contributed by atoms with Gasteiger partial charge in [-0.3, -0.25) is 4.98 Å². The molecule has 0 aromatic carbocycles. The zero-order valence-corrected chi connectivity index (χ0v) is 9.64. The van der Waals surface area contributed by atoms with Crippen molar-refractivity contribution in [2.45, 2.75) is 26.9 Å². The molecule has 1 N–H and O–H groups in total. The fraction of sp³-hybridized carbons (Fsp3) is 0.333. The van der Waals surface area contributed by atoms with Gasteiger partial charge in [-0.2, -0.15) is 0 Å². The van der Waals surface area contributed by atoms with Crippen LogP contribution in [-0.4, -0.2) is 14.5 Å². The number of nitrogens with one attached hydrogen (secondary N) is 1. The Kier molecular flexibility index (Phi) is 3.19.